The number of hydrogen-bond acceptors (Lipinski definition) is 1. The molecule has 0 atom stereocenters. The molecule has 0 aliphatic heterocycles. The normalized spacial score (nSPS) is 9.36. The second-order valence-electron chi connectivity index (χ2n) is 3.04. The van der Waals surface area contributed by atoms with E-state index in [1.807, 2.05) is 32.0 Å². The van der Waals surface area contributed by atoms with Gasteiger partial charge in [0, 0.05) is 5.02 Å². The van der Waals surface area contributed by atoms with Crippen molar-refractivity contribution in [2.45, 2.75) is 33.6 Å². The van der Waals surface area contributed by atoms with Gasteiger partial charge in [-0.25, -0.2) is 0 Å². The van der Waals surface area contributed by atoms with Crippen LogP contribution in [0.3, 0.4) is 0 Å². The fourth-order valence-corrected chi connectivity index (χ4v) is 1.32. The van der Waals surface area contributed by atoms with Gasteiger partial charge in [0.15, 0.2) is 0 Å². The van der Waals surface area contributed by atoms with Crippen LogP contribution >= 0.6 is 11.6 Å². The lowest BCUT2D eigenvalue weighted by Crippen LogP contribution is -1.93. The molecule has 1 nitrogen and oxygen atoms in total. The first-order chi connectivity index (χ1) is 6.65. The Labute approximate surface area is 92.0 Å². The maximum atomic E-state index is 5.82. The van der Waals surface area contributed by atoms with E-state index in [1.54, 1.807) is 7.11 Å². The van der Waals surface area contributed by atoms with Crippen LogP contribution in [0.5, 0.6) is 5.75 Å². The van der Waals surface area contributed by atoms with Crippen LogP contribution in [0.15, 0.2) is 18.2 Å². The minimum absolute atomic E-state index is 0.470. The lowest BCUT2D eigenvalue weighted by molar-refractivity contribution is 0.407. The Bertz CT molecular complexity index is 269. The van der Waals surface area contributed by atoms with E-state index in [0.717, 1.165) is 10.8 Å². The van der Waals surface area contributed by atoms with Crippen LogP contribution in [0, 0.1) is 0 Å². The number of benzene rings is 1. The summed E-state index contributed by atoms with van der Waals surface area (Å²) < 4.78 is 5.20. The predicted octanol–water partition coefficient (Wildman–Crippen LogP) is 4.50. The SMILES string of the molecule is CC.COc1cc(Cl)ccc1C(C)C. The van der Waals surface area contributed by atoms with Crippen molar-refractivity contribution >= 4 is 11.6 Å². The van der Waals surface area contributed by atoms with Crippen molar-refractivity contribution < 1.29 is 4.74 Å². The predicted molar refractivity (Wildman–Crippen MR) is 63.4 cm³/mol. The van der Waals surface area contributed by atoms with Gasteiger partial charge in [0.2, 0.25) is 0 Å². The third-order valence-corrected chi connectivity index (χ3v) is 2.05. The van der Waals surface area contributed by atoms with Gasteiger partial charge < -0.3 is 4.74 Å². The second-order valence-corrected chi connectivity index (χ2v) is 3.48. The molecule has 0 aromatic heterocycles. The number of methoxy groups -OCH3 is 1. The summed E-state index contributed by atoms with van der Waals surface area (Å²) in [6.45, 7) is 8.26. The van der Waals surface area contributed by atoms with E-state index in [2.05, 4.69) is 13.8 Å². The van der Waals surface area contributed by atoms with E-state index < -0.39 is 0 Å². The fourth-order valence-electron chi connectivity index (χ4n) is 1.16. The smallest absolute Gasteiger partial charge is 0.123 e. The van der Waals surface area contributed by atoms with Crippen molar-refractivity contribution in [1.82, 2.24) is 0 Å². The summed E-state index contributed by atoms with van der Waals surface area (Å²) in [6, 6.07) is 5.74. The van der Waals surface area contributed by atoms with Crippen molar-refractivity contribution in [3.8, 4) is 5.75 Å². The summed E-state index contributed by atoms with van der Waals surface area (Å²) in [5.74, 6) is 1.34. The van der Waals surface area contributed by atoms with Gasteiger partial charge >= 0.3 is 0 Å². The molecule has 0 spiro atoms. The molecule has 0 radical (unpaired) electrons. The van der Waals surface area contributed by atoms with E-state index in [1.165, 1.54) is 5.56 Å². The van der Waals surface area contributed by atoms with Gasteiger partial charge in [0.1, 0.15) is 5.75 Å². The summed E-state index contributed by atoms with van der Waals surface area (Å²) in [7, 11) is 1.66. The van der Waals surface area contributed by atoms with E-state index in [-0.39, 0.29) is 0 Å². The van der Waals surface area contributed by atoms with Crippen LogP contribution in [0.4, 0.5) is 0 Å². The van der Waals surface area contributed by atoms with E-state index in [0.29, 0.717) is 5.92 Å². The second kappa shape index (κ2) is 6.72. The Balaban J connectivity index is 0.000000791. The average Bonchev–Trinajstić information content (AvgIpc) is 2.20. The van der Waals surface area contributed by atoms with Gasteiger partial charge in [-0.05, 0) is 23.6 Å². The molecule has 0 aliphatic carbocycles. The minimum Gasteiger partial charge on any atom is -0.496 e. The summed E-state index contributed by atoms with van der Waals surface area (Å²) >= 11 is 5.82. The quantitative estimate of drug-likeness (QED) is 0.705. The van der Waals surface area contributed by atoms with Crippen LogP contribution in [-0.2, 0) is 0 Å². The summed E-state index contributed by atoms with van der Waals surface area (Å²) in [5, 5.41) is 0.719. The lowest BCUT2D eigenvalue weighted by atomic mass is 10.0. The van der Waals surface area contributed by atoms with Crippen molar-refractivity contribution in [2.75, 3.05) is 7.11 Å². The molecule has 0 saturated heterocycles. The molecular weight excluding hydrogens is 196 g/mol. The zero-order chi connectivity index (χ0) is 11.1. The summed E-state index contributed by atoms with van der Waals surface area (Å²) in [6.07, 6.45) is 0. The molecule has 14 heavy (non-hydrogen) atoms. The monoisotopic (exact) mass is 214 g/mol. The maximum Gasteiger partial charge on any atom is 0.123 e. The third-order valence-electron chi connectivity index (χ3n) is 1.82. The highest BCUT2D eigenvalue weighted by atomic mass is 35.5. The number of rotatable bonds is 2. The standard InChI is InChI=1S/C10H13ClO.C2H6/c1-7(2)9-5-4-8(11)6-10(9)12-3;1-2/h4-7H,1-3H3;1-2H3. The van der Waals surface area contributed by atoms with Gasteiger partial charge in [-0.3, -0.25) is 0 Å². The highest BCUT2D eigenvalue weighted by molar-refractivity contribution is 6.30. The van der Waals surface area contributed by atoms with Crippen molar-refractivity contribution in [2.24, 2.45) is 0 Å². The molecule has 0 unspecified atom stereocenters. The van der Waals surface area contributed by atoms with Crippen LogP contribution in [-0.4, -0.2) is 7.11 Å². The first-order valence-corrected chi connectivity index (χ1v) is 5.36. The Hall–Kier alpha value is -0.690. The topological polar surface area (TPSA) is 9.23 Å². The molecule has 1 aromatic rings. The van der Waals surface area contributed by atoms with Crippen molar-refractivity contribution in [1.29, 1.82) is 0 Å². The van der Waals surface area contributed by atoms with Gasteiger partial charge in [-0.1, -0.05) is 45.4 Å². The molecule has 0 bridgehead atoms. The Morgan fingerprint density at radius 2 is 1.79 bits per heavy atom. The molecule has 0 heterocycles. The van der Waals surface area contributed by atoms with Gasteiger partial charge in [-0.15, -0.1) is 0 Å². The molecule has 0 fully saturated rings. The molecular formula is C12H19ClO. The Morgan fingerprint density at radius 1 is 1.21 bits per heavy atom. The zero-order valence-electron chi connectivity index (χ0n) is 9.60. The van der Waals surface area contributed by atoms with Gasteiger partial charge in [0.05, 0.1) is 7.11 Å². The molecule has 0 aliphatic rings. The Morgan fingerprint density at radius 3 is 2.21 bits per heavy atom. The maximum absolute atomic E-state index is 5.82. The highest BCUT2D eigenvalue weighted by Gasteiger charge is 2.06. The molecule has 1 rings (SSSR count). The molecule has 0 N–H and O–H groups in total. The van der Waals surface area contributed by atoms with Crippen molar-refractivity contribution in [3.05, 3.63) is 28.8 Å². The van der Waals surface area contributed by atoms with E-state index in [4.69, 9.17) is 16.3 Å². The number of hydrogen-bond donors (Lipinski definition) is 0. The minimum atomic E-state index is 0.470. The number of ether oxygens (including phenoxy) is 1. The molecule has 1 aromatic carbocycles. The summed E-state index contributed by atoms with van der Waals surface area (Å²) in [4.78, 5) is 0. The average molecular weight is 215 g/mol. The zero-order valence-corrected chi connectivity index (χ0v) is 10.4. The van der Waals surface area contributed by atoms with Crippen molar-refractivity contribution in [3.63, 3.8) is 0 Å². The van der Waals surface area contributed by atoms with Gasteiger partial charge in [0.25, 0.3) is 0 Å². The first kappa shape index (κ1) is 13.3. The van der Waals surface area contributed by atoms with Crippen LogP contribution in [0.2, 0.25) is 5.02 Å². The lowest BCUT2D eigenvalue weighted by Gasteiger charge is -2.11. The summed E-state index contributed by atoms with van der Waals surface area (Å²) in [5.41, 5.74) is 1.20. The van der Waals surface area contributed by atoms with Crippen LogP contribution in [0.25, 0.3) is 0 Å². The van der Waals surface area contributed by atoms with Gasteiger partial charge in [-0.2, -0.15) is 0 Å². The first-order valence-electron chi connectivity index (χ1n) is 4.98. The van der Waals surface area contributed by atoms with E-state index in [9.17, 15) is 0 Å². The highest BCUT2D eigenvalue weighted by Crippen LogP contribution is 2.28. The third kappa shape index (κ3) is 3.59. The molecule has 2 heteroatoms. The molecule has 0 saturated carbocycles. The Kier molecular flexibility index (Phi) is 6.39. The largest absolute Gasteiger partial charge is 0.496 e. The molecule has 80 valence electrons. The van der Waals surface area contributed by atoms with Crippen LogP contribution in [0.1, 0.15) is 39.2 Å². The fraction of sp³-hybridized carbons (Fsp3) is 0.500. The number of halogens is 1. The van der Waals surface area contributed by atoms with Crippen LogP contribution < -0.4 is 4.74 Å². The van der Waals surface area contributed by atoms with E-state index >= 15 is 0 Å². The molecule has 0 amide bonds.